The van der Waals surface area contributed by atoms with Gasteiger partial charge in [-0.1, -0.05) is 27.5 Å². The summed E-state index contributed by atoms with van der Waals surface area (Å²) in [6.07, 6.45) is 1.15. The third-order valence-electron chi connectivity index (χ3n) is 3.33. The average molecular weight is 343 g/mol. The van der Waals surface area contributed by atoms with Gasteiger partial charge in [-0.2, -0.15) is 0 Å². The fourth-order valence-electron chi connectivity index (χ4n) is 2.42. The van der Waals surface area contributed by atoms with Crippen LogP contribution in [0.5, 0.6) is 0 Å². The Hall–Kier alpha value is -0.510. The zero-order valence-corrected chi connectivity index (χ0v) is 13.0. The maximum Gasteiger partial charge on any atom is 0.0440 e. The van der Waals surface area contributed by atoms with Crippen molar-refractivity contribution >= 4 is 44.6 Å². The van der Waals surface area contributed by atoms with E-state index in [9.17, 15) is 0 Å². The first-order chi connectivity index (χ1) is 8.78. The lowest BCUT2D eigenvalue weighted by atomic mass is 10.1. The van der Waals surface area contributed by atoms with Gasteiger partial charge in [-0.05, 0) is 47.2 Å². The zero-order chi connectivity index (χ0) is 12.5. The molecule has 0 spiro atoms. The number of hydrogen-bond acceptors (Lipinski definition) is 2. The van der Waals surface area contributed by atoms with Crippen molar-refractivity contribution in [2.45, 2.75) is 18.3 Å². The van der Waals surface area contributed by atoms with Gasteiger partial charge in [0.15, 0.2) is 0 Å². The van der Waals surface area contributed by atoms with Crippen molar-refractivity contribution in [3.8, 4) is 0 Å². The normalized spacial score (nSPS) is 14.7. The van der Waals surface area contributed by atoms with E-state index < -0.39 is 0 Å². The molecule has 0 saturated carbocycles. The molecule has 0 amide bonds. The minimum atomic E-state index is 0.807. The van der Waals surface area contributed by atoms with E-state index in [2.05, 4.69) is 44.4 Å². The third-order valence-corrected chi connectivity index (χ3v) is 5.20. The maximum absolute atomic E-state index is 6.06. The number of thiophene rings is 1. The van der Waals surface area contributed by atoms with Crippen molar-refractivity contribution in [2.75, 3.05) is 11.4 Å². The van der Waals surface area contributed by atoms with E-state index in [-0.39, 0.29) is 0 Å². The van der Waals surface area contributed by atoms with Gasteiger partial charge < -0.3 is 4.90 Å². The van der Waals surface area contributed by atoms with Crippen LogP contribution >= 0.6 is 38.9 Å². The Morgan fingerprint density at radius 3 is 3.06 bits per heavy atom. The molecule has 2 aromatic rings. The number of hydrogen-bond donors (Lipinski definition) is 0. The van der Waals surface area contributed by atoms with Gasteiger partial charge in [0.25, 0.3) is 0 Å². The van der Waals surface area contributed by atoms with Crippen LogP contribution in [0.15, 0.2) is 29.6 Å². The second-order valence-electron chi connectivity index (χ2n) is 4.45. The van der Waals surface area contributed by atoms with E-state index in [1.54, 1.807) is 4.88 Å². The fourth-order valence-corrected chi connectivity index (χ4v) is 3.96. The molecule has 1 aromatic heterocycles. The van der Waals surface area contributed by atoms with Gasteiger partial charge in [0.2, 0.25) is 0 Å². The van der Waals surface area contributed by atoms with E-state index in [0.29, 0.717) is 0 Å². The fraction of sp³-hybridized carbons (Fsp3) is 0.286. The second kappa shape index (κ2) is 5.24. The molecule has 2 heterocycles. The molecule has 0 radical (unpaired) electrons. The van der Waals surface area contributed by atoms with Gasteiger partial charge in [-0.3, -0.25) is 0 Å². The molecular weight excluding hydrogens is 330 g/mol. The van der Waals surface area contributed by atoms with Crippen LogP contribution < -0.4 is 4.90 Å². The van der Waals surface area contributed by atoms with Crippen molar-refractivity contribution in [1.29, 1.82) is 0 Å². The monoisotopic (exact) mass is 341 g/mol. The van der Waals surface area contributed by atoms with Crippen molar-refractivity contribution in [1.82, 2.24) is 0 Å². The molecule has 3 rings (SSSR count). The average Bonchev–Trinajstić information content (AvgIpc) is 2.85. The first-order valence-electron chi connectivity index (χ1n) is 5.92. The van der Waals surface area contributed by atoms with Crippen LogP contribution in [0.2, 0.25) is 5.02 Å². The minimum Gasteiger partial charge on any atom is -0.367 e. The minimum absolute atomic E-state index is 0.807. The Morgan fingerprint density at radius 1 is 1.33 bits per heavy atom. The smallest absolute Gasteiger partial charge is 0.0440 e. The Balaban J connectivity index is 1.93. The molecule has 1 nitrogen and oxygen atoms in total. The molecular formula is C14H13BrClNS. The maximum atomic E-state index is 6.06. The summed E-state index contributed by atoms with van der Waals surface area (Å²) in [7, 11) is 0. The summed E-state index contributed by atoms with van der Waals surface area (Å²) in [5, 5.41) is 3.85. The number of rotatable bonds is 2. The van der Waals surface area contributed by atoms with E-state index in [0.717, 1.165) is 29.9 Å². The Morgan fingerprint density at radius 2 is 2.22 bits per heavy atom. The van der Waals surface area contributed by atoms with Gasteiger partial charge in [0.05, 0.1) is 0 Å². The van der Waals surface area contributed by atoms with Crippen molar-refractivity contribution < 1.29 is 0 Å². The van der Waals surface area contributed by atoms with Gasteiger partial charge in [0.1, 0.15) is 0 Å². The number of benzene rings is 1. The molecule has 0 saturated heterocycles. The molecule has 1 aliphatic rings. The lowest BCUT2D eigenvalue weighted by Gasteiger charge is -2.30. The Kier molecular flexibility index (Phi) is 3.64. The number of nitrogens with zero attached hydrogens (tertiary/aromatic N) is 1. The number of fused-ring (bicyclic) bond motifs is 1. The van der Waals surface area contributed by atoms with Crippen LogP contribution in [-0.4, -0.2) is 6.54 Å². The van der Waals surface area contributed by atoms with Crippen LogP contribution in [0.3, 0.4) is 0 Å². The van der Waals surface area contributed by atoms with Crippen LogP contribution in [0.1, 0.15) is 16.0 Å². The van der Waals surface area contributed by atoms with Gasteiger partial charge in [0, 0.05) is 34.0 Å². The summed E-state index contributed by atoms with van der Waals surface area (Å²) >= 11 is 11.5. The quantitative estimate of drug-likeness (QED) is 0.705. The standard InChI is InChI=1S/C14H13BrClNS/c15-8-11-7-12(16)1-2-13(11)17-5-3-14-10(9-17)4-6-18-14/h1-2,4,6-7H,3,5,8-9H2. The van der Waals surface area contributed by atoms with Crippen LogP contribution in [-0.2, 0) is 18.3 Å². The summed E-state index contributed by atoms with van der Waals surface area (Å²) in [5.74, 6) is 0. The van der Waals surface area contributed by atoms with E-state index >= 15 is 0 Å². The molecule has 0 fully saturated rings. The predicted octanol–water partition coefficient (Wildman–Crippen LogP) is 4.86. The van der Waals surface area contributed by atoms with E-state index in [1.807, 2.05) is 17.4 Å². The van der Waals surface area contributed by atoms with Crippen LogP contribution in [0, 0.1) is 0 Å². The van der Waals surface area contributed by atoms with E-state index in [4.69, 9.17) is 11.6 Å². The number of anilines is 1. The molecule has 1 aromatic carbocycles. The summed E-state index contributed by atoms with van der Waals surface area (Å²) in [5.41, 5.74) is 4.04. The van der Waals surface area contributed by atoms with Crippen LogP contribution in [0.25, 0.3) is 0 Å². The number of alkyl halides is 1. The Labute approximate surface area is 125 Å². The first-order valence-corrected chi connectivity index (χ1v) is 8.30. The molecule has 1 aliphatic heterocycles. The summed E-state index contributed by atoms with van der Waals surface area (Å²) in [6, 6.07) is 8.41. The highest BCUT2D eigenvalue weighted by Gasteiger charge is 2.19. The van der Waals surface area contributed by atoms with Gasteiger partial charge in [-0.15, -0.1) is 11.3 Å². The highest BCUT2D eigenvalue weighted by atomic mass is 79.9. The summed E-state index contributed by atoms with van der Waals surface area (Å²) in [4.78, 5) is 3.99. The highest BCUT2D eigenvalue weighted by molar-refractivity contribution is 9.08. The molecule has 0 unspecified atom stereocenters. The largest absolute Gasteiger partial charge is 0.367 e. The highest BCUT2D eigenvalue weighted by Crippen LogP contribution is 2.32. The molecule has 4 heteroatoms. The van der Waals surface area contributed by atoms with Crippen molar-refractivity contribution in [3.63, 3.8) is 0 Å². The third kappa shape index (κ3) is 2.31. The molecule has 94 valence electrons. The van der Waals surface area contributed by atoms with Crippen molar-refractivity contribution in [2.24, 2.45) is 0 Å². The lowest BCUT2D eigenvalue weighted by molar-refractivity contribution is 0.741. The van der Waals surface area contributed by atoms with Crippen LogP contribution in [0.4, 0.5) is 5.69 Å². The lowest BCUT2D eigenvalue weighted by Crippen LogP contribution is -2.30. The topological polar surface area (TPSA) is 3.24 Å². The second-order valence-corrected chi connectivity index (χ2v) is 6.45. The predicted molar refractivity (Wildman–Crippen MR) is 83.2 cm³/mol. The number of halogens is 2. The molecule has 0 atom stereocenters. The van der Waals surface area contributed by atoms with Gasteiger partial charge in [-0.25, -0.2) is 0 Å². The molecule has 0 aliphatic carbocycles. The molecule has 18 heavy (non-hydrogen) atoms. The summed E-state index contributed by atoms with van der Waals surface area (Å²) < 4.78 is 0. The first kappa shape index (κ1) is 12.5. The summed E-state index contributed by atoms with van der Waals surface area (Å²) in [6.45, 7) is 2.11. The SMILES string of the molecule is Clc1ccc(N2CCc3sccc3C2)c(CBr)c1. The van der Waals surface area contributed by atoms with Gasteiger partial charge >= 0.3 is 0 Å². The molecule has 0 bridgehead atoms. The van der Waals surface area contributed by atoms with E-state index in [1.165, 1.54) is 16.8 Å². The molecule has 0 N–H and O–H groups in total. The Bertz CT molecular complexity index is 567. The zero-order valence-electron chi connectivity index (χ0n) is 9.83. The van der Waals surface area contributed by atoms with Crippen molar-refractivity contribution in [3.05, 3.63) is 50.7 Å².